The Labute approximate surface area is 114 Å². The first kappa shape index (κ1) is 14.3. The third kappa shape index (κ3) is 3.25. The van der Waals surface area contributed by atoms with Gasteiger partial charge in [-0.05, 0) is 31.0 Å². The second-order valence-electron chi connectivity index (χ2n) is 5.25. The van der Waals surface area contributed by atoms with E-state index in [9.17, 15) is 9.50 Å². The number of halogens is 1. The summed E-state index contributed by atoms with van der Waals surface area (Å²) in [5, 5.41) is 13.6. The fourth-order valence-electron chi connectivity index (χ4n) is 2.82. The quantitative estimate of drug-likeness (QED) is 0.879. The van der Waals surface area contributed by atoms with Gasteiger partial charge in [0.25, 0.3) is 0 Å². The lowest BCUT2D eigenvalue weighted by molar-refractivity contribution is 0.161. The van der Waals surface area contributed by atoms with Crippen LogP contribution in [0.4, 0.5) is 4.39 Å². The van der Waals surface area contributed by atoms with Gasteiger partial charge in [-0.2, -0.15) is 0 Å². The summed E-state index contributed by atoms with van der Waals surface area (Å²) in [5.41, 5.74) is 1.35. The van der Waals surface area contributed by atoms with Crippen LogP contribution in [0.3, 0.4) is 0 Å². The molecule has 1 aromatic carbocycles. The van der Waals surface area contributed by atoms with Crippen molar-refractivity contribution >= 4 is 0 Å². The number of benzene rings is 1. The second kappa shape index (κ2) is 6.35. The van der Waals surface area contributed by atoms with Gasteiger partial charge in [-0.15, -0.1) is 0 Å². The minimum Gasteiger partial charge on any atom is -0.507 e. The molecule has 0 saturated carbocycles. The number of hydrogen-bond acceptors (Lipinski definition) is 3. The molecule has 1 fully saturated rings. The van der Waals surface area contributed by atoms with Crippen molar-refractivity contribution in [3.05, 3.63) is 29.1 Å². The number of piperazine rings is 1. The summed E-state index contributed by atoms with van der Waals surface area (Å²) in [7, 11) is 0. The average molecular weight is 266 g/mol. The van der Waals surface area contributed by atoms with E-state index in [1.807, 2.05) is 0 Å². The van der Waals surface area contributed by atoms with Gasteiger partial charge in [0.05, 0.1) is 0 Å². The van der Waals surface area contributed by atoms with Crippen LogP contribution in [0.2, 0.25) is 0 Å². The van der Waals surface area contributed by atoms with Crippen molar-refractivity contribution in [2.45, 2.75) is 32.7 Å². The molecule has 0 spiro atoms. The molecule has 2 N–H and O–H groups in total. The van der Waals surface area contributed by atoms with E-state index in [4.69, 9.17) is 0 Å². The third-order valence-corrected chi connectivity index (χ3v) is 3.81. The van der Waals surface area contributed by atoms with Crippen molar-refractivity contribution < 1.29 is 9.50 Å². The van der Waals surface area contributed by atoms with Gasteiger partial charge in [-0.25, -0.2) is 4.39 Å². The van der Waals surface area contributed by atoms with E-state index in [1.54, 1.807) is 6.92 Å². The van der Waals surface area contributed by atoms with Gasteiger partial charge in [0.15, 0.2) is 0 Å². The summed E-state index contributed by atoms with van der Waals surface area (Å²) < 4.78 is 13.6. The molecule has 3 nitrogen and oxygen atoms in total. The van der Waals surface area contributed by atoms with Crippen LogP contribution in [-0.2, 0) is 0 Å². The fraction of sp³-hybridized carbons (Fsp3) is 0.600. The highest BCUT2D eigenvalue weighted by Gasteiger charge is 2.24. The number of hydrogen-bond donors (Lipinski definition) is 2. The minimum absolute atomic E-state index is 0.112. The van der Waals surface area contributed by atoms with Crippen molar-refractivity contribution in [3.63, 3.8) is 0 Å². The molecular weight excluding hydrogens is 243 g/mol. The predicted octanol–water partition coefficient (Wildman–Crippen LogP) is 2.59. The molecule has 1 atom stereocenters. The fourth-order valence-corrected chi connectivity index (χ4v) is 2.82. The molecule has 1 heterocycles. The summed E-state index contributed by atoms with van der Waals surface area (Å²) in [6, 6.07) is 2.99. The molecular formula is C15H23FN2O. The van der Waals surface area contributed by atoms with Crippen LogP contribution >= 0.6 is 0 Å². The highest BCUT2D eigenvalue weighted by Crippen LogP contribution is 2.35. The molecule has 4 heteroatoms. The van der Waals surface area contributed by atoms with Gasteiger partial charge in [-0.3, -0.25) is 4.90 Å². The molecule has 0 radical (unpaired) electrons. The van der Waals surface area contributed by atoms with Crippen LogP contribution in [0.1, 0.15) is 36.9 Å². The van der Waals surface area contributed by atoms with E-state index in [2.05, 4.69) is 17.1 Å². The standard InChI is InChI=1S/C15H23FN2O/c1-3-4-14(18-7-5-17-6-8-18)13-10-12(16)9-11(2)15(13)19/h9-10,14,17,19H,3-8H2,1-2H3/t14-/m0/s1. The maximum atomic E-state index is 13.6. The van der Waals surface area contributed by atoms with Gasteiger partial charge < -0.3 is 10.4 Å². The third-order valence-electron chi connectivity index (χ3n) is 3.81. The lowest BCUT2D eigenvalue weighted by Gasteiger charge is -2.35. The Morgan fingerprint density at radius 3 is 2.68 bits per heavy atom. The van der Waals surface area contributed by atoms with E-state index in [0.717, 1.165) is 44.6 Å². The van der Waals surface area contributed by atoms with Gasteiger partial charge in [0.2, 0.25) is 0 Å². The molecule has 1 saturated heterocycles. The van der Waals surface area contributed by atoms with Crippen molar-refractivity contribution in [1.29, 1.82) is 0 Å². The number of nitrogens with zero attached hydrogens (tertiary/aromatic N) is 1. The number of rotatable bonds is 4. The molecule has 0 bridgehead atoms. The van der Waals surface area contributed by atoms with Crippen molar-refractivity contribution in [2.75, 3.05) is 26.2 Å². The Bertz CT molecular complexity index is 430. The highest BCUT2D eigenvalue weighted by molar-refractivity contribution is 5.42. The van der Waals surface area contributed by atoms with E-state index in [0.29, 0.717) is 5.56 Å². The minimum atomic E-state index is -0.262. The zero-order valence-corrected chi connectivity index (χ0v) is 11.7. The zero-order valence-electron chi connectivity index (χ0n) is 11.7. The lowest BCUT2D eigenvalue weighted by Crippen LogP contribution is -2.45. The summed E-state index contributed by atoms with van der Waals surface area (Å²) in [6.07, 6.45) is 1.96. The van der Waals surface area contributed by atoms with Crippen LogP contribution in [0.15, 0.2) is 12.1 Å². The smallest absolute Gasteiger partial charge is 0.124 e. The molecule has 0 aromatic heterocycles. The van der Waals surface area contributed by atoms with E-state index in [1.165, 1.54) is 12.1 Å². The normalized spacial score (nSPS) is 18.5. The largest absolute Gasteiger partial charge is 0.507 e. The van der Waals surface area contributed by atoms with Crippen LogP contribution in [0.5, 0.6) is 5.75 Å². The first-order chi connectivity index (χ1) is 9.13. The number of phenols is 1. The van der Waals surface area contributed by atoms with Gasteiger partial charge in [-0.1, -0.05) is 13.3 Å². The summed E-state index contributed by atoms with van der Waals surface area (Å²) >= 11 is 0. The van der Waals surface area contributed by atoms with Crippen LogP contribution in [0, 0.1) is 12.7 Å². The Kier molecular flexibility index (Phi) is 4.77. The van der Waals surface area contributed by atoms with Gasteiger partial charge in [0, 0.05) is 37.8 Å². The first-order valence-electron chi connectivity index (χ1n) is 7.07. The molecule has 0 unspecified atom stereocenters. The molecule has 1 aromatic rings. The zero-order chi connectivity index (χ0) is 13.8. The van der Waals surface area contributed by atoms with Crippen molar-refractivity contribution in [1.82, 2.24) is 10.2 Å². The summed E-state index contributed by atoms with van der Waals surface area (Å²) in [5.74, 6) is -0.0140. The number of aryl methyl sites for hydroxylation is 1. The Morgan fingerprint density at radius 1 is 1.37 bits per heavy atom. The van der Waals surface area contributed by atoms with E-state index < -0.39 is 0 Å². The van der Waals surface area contributed by atoms with Gasteiger partial charge >= 0.3 is 0 Å². The van der Waals surface area contributed by atoms with Crippen LogP contribution in [0.25, 0.3) is 0 Å². The molecule has 1 aliphatic rings. The second-order valence-corrected chi connectivity index (χ2v) is 5.25. The number of aromatic hydroxyl groups is 1. The van der Waals surface area contributed by atoms with Crippen molar-refractivity contribution in [2.24, 2.45) is 0 Å². The monoisotopic (exact) mass is 266 g/mol. The maximum absolute atomic E-state index is 13.6. The number of nitrogens with one attached hydrogen (secondary N) is 1. The summed E-state index contributed by atoms with van der Waals surface area (Å²) in [4.78, 5) is 2.34. The lowest BCUT2D eigenvalue weighted by atomic mass is 9.96. The Hall–Kier alpha value is -1.13. The van der Waals surface area contributed by atoms with Crippen LogP contribution in [-0.4, -0.2) is 36.2 Å². The molecule has 2 rings (SSSR count). The summed E-state index contributed by atoms with van der Waals surface area (Å²) in [6.45, 7) is 7.67. The van der Waals surface area contributed by atoms with Gasteiger partial charge in [0.1, 0.15) is 11.6 Å². The molecule has 0 amide bonds. The Morgan fingerprint density at radius 2 is 2.05 bits per heavy atom. The first-order valence-corrected chi connectivity index (χ1v) is 7.07. The van der Waals surface area contributed by atoms with E-state index >= 15 is 0 Å². The SMILES string of the molecule is CCC[C@@H](c1cc(F)cc(C)c1O)N1CCNCC1. The molecule has 106 valence electrons. The maximum Gasteiger partial charge on any atom is 0.124 e. The molecule has 0 aliphatic carbocycles. The van der Waals surface area contributed by atoms with Crippen LogP contribution < -0.4 is 5.32 Å². The predicted molar refractivity (Wildman–Crippen MR) is 74.9 cm³/mol. The highest BCUT2D eigenvalue weighted by atomic mass is 19.1. The van der Waals surface area contributed by atoms with Crippen molar-refractivity contribution in [3.8, 4) is 5.75 Å². The molecule has 19 heavy (non-hydrogen) atoms. The average Bonchev–Trinajstić information content (AvgIpc) is 2.41. The number of phenolic OH excluding ortho intramolecular Hbond substituents is 1. The Balaban J connectivity index is 2.32. The topological polar surface area (TPSA) is 35.5 Å². The van der Waals surface area contributed by atoms with E-state index in [-0.39, 0.29) is 17.6 Å². The molecule has 1 aliphatic heterocycles.